The minimum Gasteiger partial charge on any atom is -0.352 e. The Bertz CT molecular complexity index is 1380. The fraction of sp³-hybridized carbons (Fsp3) is 0.310. The first kappa shape index (κ1) is 28.6. The second-order valence-corrected chi connectivity index (χ2v) is 11.9. The Kier molecular flexibility index (Phi) is 9.24. The predicted octanol–water partition coefficient (Wildman–Crippen LogP) is 5.15. The first-order chi connectivity index (χ1) is 18.6. The Hall–Kier alpha value is -3.43. The van der Waals surface area contributed by atoms with E-state index in [1.165, 1.54) is 4.90 Å². The second-order valence-electron chi connectivity index (χ2n) is 9.62. The van der Waals surface area contributed by atoms with Crippen LogP contribution in [0.1, 0.15) is 38.2 Å². The quantitative estimate of drug-likeness (QED) is 0.365. The van der Waals surface area contributed by atoms with Crippen LogP contribution in [0.15, 0.2) is 83.8 Å². The topological polar surface area (TPSA) is 86.8 Å². The maximum atomic E-state index is 13.9. The highest BCUT2D eigenvalue weighted by Crippen LogP contribution is 2.25. The number of nitrogens with one attached hydrogen (secondary N) is 1. The highest BCUT2D eigenvalue weighted by molar-refractivity contribution is 7.92. The molecule has 0 spiro atoms. The van der Waals surface area contributed by atoms with E-state index in [0.717, 1.165) is 59.8 Å². The normalized spacial score (nSPS) is 14.5. The van der Waals surface area contributed by atoms with Crippen molar-refractivity contribution >= 4 is 39.1 Å². The minimum absolute atomic E-state index is 0.0621. The summed E-state index contributed by atoms with van der Waals surface area (Å²) >= 11 is 6.03. The van der Waals surface area contributed by atoms with Gasteiger partial charge in [-0.2, -0.15) is 0 Å². The van der Waals surface area contributed by atoms with Gasteiger partial charge in [0.1, 0.15) is 18.4 Å². The summed E-state index contributed by atoms with van der Waals surface area (Å²) in [4.78, 5) is 28.3. The molecule has 2 amide bonds. The summed E-state index contributed by atoms with van der Waals surface area (Å²) in [5, 5.41) is 3.57. The van der Waals surface area contributed by atoms with E-state index in [0.29, 0.717) is 5.02 Å². The standard InChI is InChI=1S/C29H31ClFN3O4S/c1-21(29(36)32-25-7-5-6-8-25)33(19-22-11-13-23(30)14-12-22)28(35)20-34(26-9-3-2-4-10-26)39(37,38)27-17-15-24(31)16-18-27/h2-4,9-18,21,25H,5-8,19-20H2,1H3,(H,32,36)/t21-/m0/s1. The van der Waals surface area contributed by atoms with Crippen LogP contribution in [0.25, 0.3) is 0 Å². The van der Waals surface area contributed by atoms with E-state index in [2.05, 4.69) is 5.32 Å². The minimum atomic E-state index is -4.24. The number of anilines is 1. The third kappa shape index (κ3) is 7.16. The van der Waals surface area contributed by atoms with Crippen LogP contribution in [-0.4, -0.2) is 43.8 Å². The van der Waals surface area contributed by atoms with Crippen molar-refractivity contribution < 1.29 is 22.4 Å². The molecule has 206 valence electrons. The maximum Gasteiger partial charge on any atom is 0.264 e. The number of benzene rings is 3. The zero-order valence-corrected chi connectivity index (χ0v) is 23.2. The zero-order chi connectivity index (χ0) is 28.0. The van der Waals surface area contributed by atoms with Crippen molar-refractivity contribution in [2.45, 2.75) is 56.1 Å². The van der Waals surface area contributed by atoms with Crippen LogP contribution in [0.4, 0.5) is 10.1 Å². The summed E-state index contributed by atoms with van der Waals surface area (Å²) in [6.45, 7) is 1.16. The van der Waals surface area contributed by atoms with E-state index in [-0.39, 0.29) is 29.1 Å². The molecule has 0 radical (unpaired) electrons. The molecule has 0 unspecified atom stereocenters. The van der Waals surface area contributed by atoms with Gasteiger partial charge in [-0.25, -0.2) is 12.8 Å². The third-order valence-corrected chi connectivity index (χ3v) is 8.90. The highest BCUT2D eigenvalue weighted by Gasteiger charge is 2.33. The van der Waals surface area contributed by atoms with Gasteiger partial charge in [-0.3, -0.25) is 13.9 Å². The molecule has 10 heteroatoms. The number of carbonyl (C=O) groups is 2. The smallest absolute Gasteiger partial charge is 0.264 e. The van der Waals surface area contributed by atoms with Gasteiger partial charge in [0.05, 0.1) is 10.6 Å². The Morgan fingerprint density at radius 3 is 2.21 bits per heavy atom. The molecule has 0 bridgehead atoms. The first-order valence-corrected chi connectivity index (χ1v) is 14.6. The van der Waals surface area contributed by atoms with Gasteiger partial charge >= 0.3 is 0 Å². The van der Waals surface area contributed by atoms with Gasteiger partial charge in [0.15, 0.2) is 0 Å². The number of halogens is 2. The van der Waals surface area contributed by atoms with Gasteiger partial charge < -0.3 is 10.2 Å². The van der Waals surface area contributed by atoms with E-state index in [1.807, 2.05) is 0 Å². The number of carbonyl (C=O) groups excluding carboxylic acids is 2. The third-order valence-electron chi connectivity index (χ3n) is 6.86. The van der Waals surface area contributed by atoms with Crippen molar-refractivity contribution in [3.8, 4) is 0 Å². The van der Waals surface area contributed by atoms with E-state index in [1.54, 1.807) is 61.5 Å². The Balaban J connectivity index is 1.66. The fourth-order valence-electron chi connectivity index (χ4n) is 4.62. The summed E-state index contributed by atoms with van der Waals surface area (Å²) in [5.41, 5.74) is 1.01. The highest BCUT2D eigenvalue weighted by atomic mass is 35.5. The summed E-state index contributed by atoms with van der Waals surface area (Å²) in [5.74, 6) is -1.43. The fourth-order valence-corrected chi connectivity index (χ4v) is 6.16. The van der Waals surface area contributed by atoms with Crippen molar-refractivity contribution in [1.82, 2.24) is 10.2 Å². The summed E-state index contributed by atoms with van der Waals surface area (Å²) in [6.07, 6.45) is 3.86. The number of amides is 2. The van der Waals surface area contributed by atoms with Crippen LogP contribution in [0.5, 0.6) is 0 Å². The molecule has 1 aliphatic carbocycles. The van der Waals surface area contributed by atoms with E-state index >= 15 is 0 Å². The average molecular weight is 572 g/mol. The molecule has 1 atom stereocenters. The molecule has 39 heavy (non-hydrogen) atoms. The number of hydrogen-bond acceptors (Lipinski definition) is 4. The van der Waals surface area contributed by atoms with Gasteiger partial charge in [0.2, 0.25) is 11.8 Å². The molecular weight excluding hydrogens is 541 g/mol. The number of nitrogens with zero attached hydrogens (tertiary/aromatic N) is 2. The second kappa shape index (κ2) is 12.6. The molecule has 1 N–H and O–H groups in total. The Morgan fingerprint density at radius 2 is 1.59 bits per heavy atom. The summed E-state index contributed by atoms with van der Waals surface area (Å²) in [6, 6.07) is 18.7. The molecule has 3 aromatic carbocycles. The van der Waals surface area contributed by atoms with Crippen LogP contribution in [-0.2, 0) is 26.2 Å². The maximum absolute atomic E-state index is 13.9. The number of hydrogen-bond donors (Lipinski definition) is 1. The van der Waals surface area contributed by atoms with Crippen molar-refractivity contribution in [3.05, 3.63) is 95.3 Å². The molecule has 0 heterocycles. The van der Waals surface area contributed by atoms with Gasteiger partial charge in [-0.15, -0.1) is 0 Å². The number of sulfonamides is 1. The van der Waals surface area contributed by atoms with Crippen molar-refractivity contribution in [2.75, 3.05) is 10.8 Å². The lowest BCUT2D eigenvalue weighted by Gasteiger charge is -2.32. The first-order valence-electron chi connectivity index (χ1n) is 12.8. The lowest BCUT2D eigenvalue weighted by molar-refractivity contribution is -0.139. The average Bonchev–Trinajstić information content (AvgIpc) is 3.44. The molecule has 7 nitrogen and oxygen atoms in total. The lowest BCUT2D eigenvalue weighted by Crippen LogP contribution is -2.52. The van der Waals surface area contributed by atoms with E-state index in [4.69, 9.17) is 11.6 Å². The lowest BCUT2D eigenvalue weighted by atomic mass is 10.1. The molecule has 0 saturated heterocycles. The molecule has 4 rings (SSSR count). The molecule has 3 aromatic rings. The Morgan fingerprint density at radius 1 is 0.974 bits per heavy atom. The van der Waals surface area contributed by atoms with E-state index < -0.39 is 34.3 Å². The summed E-state index contributed by atoms with van der Waals surface area (Å²) < 4.78 is 41.9. The number of rotatable bonds is 10. The monoisotopic (exact) mass is 571 g/mol. The molecule has 1 saturated carbocycles. The SMILES string of the molecule is C[C@@H](C(=O)NC1CCCC1)N(Cc1ccc(Cl)cc1)C(=O)CN(c1ccccc1)S(=O)(=O)c1ccc(F)cc1. The van der Waals surface area contributed by atoms with Crippen molar-refractivity contribution in [3.63, 3.8) is 0 Å². The van der Waals surface area contributed by atoms with Gasteiger partial charge in [0, 0.05) is 17.6 Å². The van der Waals surface area contributed by atoms with Gasteiger partial charge in [0.25, 0.3) is 10.0 Å². The van der Waals surface area contributed by atoms with Crippen molar-refractivity contribution in [2.24, 2.45) is 0 Å². The molecule has 0 aliphatic heterocycles. The molecular formula is C29H31ClFN3O4S. The van der Waals surface area contributed by atoms with Crippen LogP contribution in [0.3, 0.4) is 0 Å². The van der Waals surface area contributed by atoms with Crippen LogP contribution < -0.4 is 9.62 Å². The van der Waals surface area contributed by atoms with Crippen LogP contribution in [0.2, 0.25) is 5.02 Å². The number of para-hydroxylation sites is 1. The molecule has 1 aliphatic rings. The van der Waals surface area contributed by atoms with Gasteiger partial charge in [-0.05, 0) is 73.9 Å². The van der Waals surface area contributed by atoms with Crippen LogP contribution >= 0.6 is 11.6 Å². The Labute approximate surface area is 233 Å². The predicted molar refractivity (Wildman–Crippen MR) is 149 cm³/mol. The largest absolute Gasteiger partial charge is 0.352 e. The van der Waals surface area contributed by atoms with Gasteiger partial charge in [-0.1, -0.05) is 54.8 Å². The molecule has 1 fully saturated rings. The molecule has 0 aromatic heterocycles. The summed E-state index contributed by atoms with van der Waals surface area (Å²) in [7, 11) is -4.24. The zero-order valence-electron chi connectivity index (χ0n) is 21.6. The van der Waals surface area contributed by atoms with Crippen LogP contribution in [0, 0.1) is 5.82 Å². The van der Waals surface area contributed by atoms with E-state index in [9.17, 15) is 22.4 Å². The van der Waals surface area contributed by atoms with Crippen molar-refractivity contribution in [1.29, 1.82) is 0 Å².